The first-order chi connectivity index (χ1) is 10.1. The molecule has 1 atom stereocenters. The third-order valence-corrected chi connectivity index (χ3v) is 3.73. The number of hydrogen-bond donors (Lipinski definition) is 1. The van der Waals surface area contributed by atoms with E-state index in [9.17, 15) is 27.0 Å². The zero-order valence-electron chi connectivity index (χ0n) is 12.2. The molecule has 0 bridgehead atoms. The quantitative estimate of drug-likeness (QED) is 0.613. The van der Waals surface area contributed by atoms with Gasteiger partial charge in [-0.1, -0.05) is 12.8 Å². The first-order valence-electron chi connectivity index (χ1n) is 6.69. The van der Waals surface area contributed by atoms with E-state index in [4.69, 9.17) is 5.11 Å². The van der Waals surface area contributed by atoms with Crippen LogP contribution in [0.5, 0.6) is 0 Å². The summed E-state index contributed by atoms with van der Waals surface area (Å²) in [6.45, 7) is -0.310. The van der Waals surface area contributed by atoms with Gasteiger partial charge in [-0.05, 0) is 12.8 Å². The molecule has 22 heavy (non-hydrogen) atoms. The van der Waals surface area contributed by atoms with Gasteiger partial charge in [-0.15, -0.1) is 13.2 Å². The highest BCUT2D eigenvalue weighted by Gasteiger charge is 2.28. The molecule has 0 fully saturated rings. The molecule has 1 N–H and O–H groups in total. The molecule has 6 nitrogen and oxygen atoms in total. The van der Waals surface area contributed by atoms with Crippen molar-refractivity contribution in [1.29, 1.82) is 0 Å². The average molecular weight is 347 g/mol. The molecular formula is C12H20F3NO5S. The number of rotatable bonds is 10. The number of carboxylic acid groups (broad SMARTS) is 1. The standard InChI is InChI=1S/C12H20F3NO5S/c1-16(7-9-22(20)11(18)19)10(17)6-4-2-3-5-8-21-12(13,14)15/h2-9H2,1H3,(H,18,19). The summed E-state index contributed by atoms with van der Waals surface area (Å²) in [5.74, 6) is -0.347. The van der Waals surface area contributed by atoms with Crippen LogP contribution < -0.4 is 0 Å². The fraction of sp³-hybridized carbons (Fsp3) is 0.833. The lowest BCUT2D eigenvalue weighted by molar-refractivity contribution is -0.324. The number of unbranched alkanes of at least 4 members (excludes halogenated alkanes) is 3. The molecule has 130 valence electrons. The van der Waals surface area contributed by atoms with Gasteiger partial charge >= 0.3 is 11.7 Å². The van der Waals surface area contributed by atoms with E-state index in [-0.39, 0.29) is 31.0 Å². The highest BCUT2D eigenvalue weighted by atomic mass is 32.2. The fourth-order valence-electron chi connectivity index (χ4n) is 1.54. The molecule has 0 rings (SSSR count). The predicted molar refractivity (Wildman–Crippen MR) is 73.8 cm³/mol. The molecule has 1 amide bonds. The summed E-state index contributed by atoms with van der Waals surface area (Å²) in [5, 5.41) is 7.03. The molecule has 0 aromatic heterocycles. The van der Waals surface area contributed by atoms with Gasteiger partial charge < -0.3 is 10.0 Å². The normalized spacial score (nSPS) is 12.9. The van der Waals surface area contributed by atoms with Crippen molar-refractivity contribution in [2.75, 3.05) is 26.0 Å². The van der Waals surface area contributed by atoms with Gasteiger partial charge in [-0.25, -0.2) is 9.00 Å². The van der Waals surface area contributed by atoms with Crippen LogP contribution in [0.4, 0.5) is 18.0 Å². The van der Waals surface area contributed by atoms with Gasteiger partial charge in [0.05, 0.1) is 12.4 Å². The van der Waals surface area contributed by atoms with E-state index >= 15 is 0 Å². The highest BCUT2D eigenvalue weighted by Crippen LogP contribution is 2.17. The Morgan fingerprint density at radius 3 is 2.32 bits per heavy atom. The lowest BCUT2D eigenvalue weighted by Crippen LogP contribution is -2.31. The Kier molecular flexibility index (Phi) is 9.99. The highest BCUT2D eigenvalue weighted by molar-refractivity contribution is 7.99. The van der Waals surface area contributed by atoms with Gasteiger partial charge in [-0.3, -0.25) is 9.53 Å². The molecule has 0 aliphatic carbocycles. The second-order valence-electron chi connectivity index (χ2n) is 4.59. The molecule has 1 unspecified atom stereocenters. The van der Waals surface area contributed by atoms with Crippen LogP contribution >= 0.6 is 0 Å². The van der Waals surface area contributed by atoms with Crippen LogP contribution in [0.2, 0.25) is 0 Å². The van der Waals surface area contributed by atoms with Crippen LogP contribution in [0.3, 0.4) is 0 Å². The van der Waals surface area contributed by atoms with Crippen LogP contribution in [0.25, 0.3) is 0 Å². The van der Waals surface area contributed by atoms with Gasteiger partial charge in [0.1, 0.15) is 10.8 Å². The van der Waals surface area contributed by atoms with Crippen molar-refractivity contribution in [2.24, 2.45) is 0 Å². The van der Waals surface area contributed by atoms with Crippen molar-refractivity contribution in [3.05, 3.63) is 0 Å². The van der Waals surface area contributed by atoms with E-state index < -0.39 is 29.1 Å². The largest absolute Gasteiger partial charge is 0.522 e. The Morgan fingerprint density at radius 2 is 1.77 bits per heavy atom. The maximum absolute atomic E-state index is 11.7. The topological polar surface area (TPSA) is 83.9 Å². The smallest absolute Gasteiger partial charge is 0.471 e. The second-order valence-corrected chi connectivity index (χ2v) is 6.04. The molecule has 0 radical (unpaired) electrons. The van der Waals surface area contributed by atoms with Gasteiger partial charge in [0, 0.05) is 20.0 Å². The van der Waals surface area contributed by atoms with Crippen molar-refractivity contribution < 1.29 is 36.8 Å². The molecule has 0 aromatic rings. The van der Waals surface area contributed by atoms with Crippen LogP contribution in [0.15, 0.2) is 0 Å². The maximum Gasteiger partial charge on any atom is 0.522 e. The molecule has 0 aliphatic rings. The molecule has 0 saturated heterocycles. The van der Waals surface area contributed by atoms with Crippen molar-refractivity contribution in [2.45, 2.75) is 38.5 Å². The van der Waals surface area contributed by atoms with Gasteiger partial charge in [-0.2, -0.15) is 0 Å². The summed E-state index contributed by atoms with van der Waals surface area (Å²) in [6, 6.07) is 0. The number of amides is 1. The van der Waals surface area contributed by atoms with E-state index in [0.717, 1.165) is 0 Å². The number of hydrogen-bond acceptors (Lipinski definition) is 4. The van der Waals surface area contributed by atoms with Crippen molar-refractivity contribution in [3.8, 4) is 0 Å². The van der Waals surface area contributed by atoms with Crippen LogP contribution in [-0.2, 0) is 20.3 Å². The minimum absolute atomic E-state index is 0.0805. The summed E-state index contributed by atoms with van der Waals surface area (Å²) >= 11 is 0. The first kappa shape index (κ1) is 20.8. The number of nitrogens with zero attached hydrogens (tertiary/aromatic N) is 1. The summed E-state index contributed by atoms with van der Waals surface area (Å²) in [5.41, 5.74) is 0. The fourth-order valence-corrected chi connectivity index (χ4v) is 2.16. The zero-order chi connectivity index (χ0) is 17.2. The monoisotopic (exact) mass is 347 g/mol. The Balaban J connectivity index is 3.64. The Hall–Kier alpha value is -1.16. The molecule has 0 aromatic carbocycles. The van der Waals surface area contributed by atoms with E-state index in [1.807, 2.05) is 0 Å². The SMILES string of the molecule is CN(CCS(=O)C(=O)O)C(=O)CCCCCCOC(F)(F)F. The third-order valence-electron chi connectivity index (χ3n) is 2.78. The minimum atomic E-state index is -4.60. The van der Waals surface area contributed by atoms with E-state index in [1.165, 1.54) is 11.9 Å². The van der Waals surface area contributed by atoms with E-state index in [1.54, 1.807) is 0 Å². The lowest BCUT2D eigenvalue weighted by atomic mass is 10.1. The number of carbonyl (C=O) groups excluding carboxylic acids is 1. The first-order valence-corrected chi connectivity index (χ1v) is 8.01. The van der Waals surface area contributed by atoms with Crippen LogP contribution in [0, 0.1) is 0 Å². The number of carbonyl (C=O) groups is 2. The van der Waals surface area contributed by atoms with Gasteiger partial charge in [0.2, 0.25) is 5.91 Å². The number of alkyl halides is 3. The van der Waals surface area contributed by atoms with Gasteiger partial charge in [0.15, 0.2) is 0 Å². The van der Waals surface area contributed by atoms with E-state index in [0.29, 0.717) is 19.3 Å². The lowest BCUT2D eigenvalue weighted by Gasteiger charge is -2.16. The third kappa shape index (κ3) is 11.5. The average Bonchev–Trinajstić information content (AvgIpc) is 2.41. The van der Waals surface area contributed by atoms with Crippen molar-refractivity contribution in [1.82, 2.24) is 4.90 Å². The maximum atomic E-state index is 11.7. The van der Waals surface area contributed by atoms with Gasteiger partial charge in [0.25, 0.3) is 0 Å². The van der Waals surface area contributed by atoms with Crippen LogP contribution in [-0.4, -0.2) is 57.7 Å². The molecular weight excluding hydrogens is 327 g/mol. The molecule has 0 saturated carbocycles. The second kappa shape index (κ2) is 10.5. The molecule has 0 aliphatic heterocycles. The summed E-state index contributed by atoms with van der Waals surface area (Å²) in [7, 11) is -0.526. The van der Waals surface area contributed by atoms with Crippen molar-refractivity contribution >= 4 is 22.0 Å². The summed E-state index contributed by atoms with van der Waals surface area (Å²) < 4.78 is 49.6. The summed E-state index contributed by atoms with van der Waals surface area (Å²) in [4.78, 5) is 23.3. The van der Waals surface area contributed by atoms with E-state index in [2.05, 4.69) is 4.74 Å². The van der Waals surface area contributed by atoms with Crippen molar-refractivity contribution in [3.63, 3.8) is 0 Å². The Morgan fingerprint density at radius 1 is 1.18 bits per heavy atom. The molecule has 0 spiro atoms. The zero-order valence-corrected chi connectivity index (χ0v) is 13.0. The Bertz CT molecular complexity index is 389. The molecule has 0 heterocycles. The summed E-state index contributed by atoms with van der Waals surface area (Å²) in [6.07, 6.45) is -2.47. The number of halogens is 3. The molecule has 10 heteroatoms. The van der Waals surface area contributed by atoms with Crippen LogP contribution in [0.1, 0.15) is 32.1 Å². The Labute approximate surface area is 129 Å². The number of ether oxygens (including phenoxy) is 1. The minimum Gasteiger partial charge on any atom is -0.471 e. The predicted octanol–water partition coefficient (Wildman–Crippen LogP) is 2.36.